The van der Waals surface area contributed by atoms with E-state index in [0.29, 0.717) is 18.8 Å². The Morgan fingerprint density at radius 1 is 0.862 bits per heavy atom. The fourth-order valence-electron chi connectivity index (χ4n) is 3.88. The summed E-state index contributed by atoms with van der Waals surface area (Å²) in [6.07, 6.45) is 1.63. The van der Waals surface area contributed by atoms with E-state index in [0.717, 1.165) is 35.3 Å². The molecule has 1 aliphatic heterocycles. The second kappa shape index (κ2) is 8.39. The number of hydrogen-bond acceptors (Lipinski definition) is 3. The molecule has 1 amide bonds. The number of hydrogen-bond donors (Lipinski definition) is 0. The van der Waals surface area contributed by atoms with Crippen LogP contribution in [0, 0.1) is 0 Å². The van der Waals surface area contributed by atoms with Gasteiger partial charge >= 0.3 is 0 Å². The maximum absolute atomic E-state index is 13.2. The minimum absolute atomic E-state index is 0.0698. The van der Waals surface area contributed by atoms with E-state index >= 15 is 0 Å². The highest BCUT2D eigenvalue weighted by Gasteiger charge is 2.23. The normalized spacial score (nSPS) is 13.0. The summed E-state index contributed by atoms with van der Waals surface area (Å²) in [5.41, 5.74) is 5.45. The second-order valence-corrected chi connectivity index (χ2v) is 7.32. The van der Waals surface area contributed by atoms with Crippen LogP contribution in [0.15, 0.2) is 66.7 Å². The lowest BCUT2D eigenvalue weighted by Crippen LogP contribution is -2.36. The highest BCUT2D eigenvalue weighted by atomic mass is 16.5. The van der Waals surface area contributed by atoms with E-state index in [2.05, 4.69) is 18.2 Å². The third kappa shape index (κ3) is 4.11. The molecule has 0 fully saturated rings. The lowest BCUT2D eigenvalue weighted by atomic mass is 9.97. The number of rotatable bonds is 5. The molecular formula is C25H25NO3. The molecule has 29 heavy (non-hydrogen) atoms. The van der Waals surface area contributed by atoms with Crippen molar-refractivity contribution >= 4 is 5.91 Å². The maximum Gasteiger partial charge on any atom is 0.254 e. The van der Waals surface area contributed by atoms with E-state index in [1.807, 2.05) is 53.4 Å². The summed E-state index contributed by atoms with van der Waals surface area (Å²) in [5.74, 6) is 1.50. The van der Waals surface area contributed by atoms with Crippen LogP contribution in [0.2, 0.25) is 0 Å². The first-order valence-corrected chi connectivity index (χ1v) is 9.84. The third-order valence-electron chi connectivity index (χ3n) is 5.43. The molecule has 0 spiro atoms. The van der Waals surface area contributed by atoms with Gasteiger partial charge in [0.2, 0.25) is 0 Å². The molecular weight excluding hydrogens is 362 g/mol. The first-order chi connectivity index (χ1) is 14.2. The molecule has 148 valence electrons. The quantitative estimate of drug-likeness (QED) is 0.647. The Balaban J connectivity index is 1.53. The van der Waals surface area contributed by atoms with Gasteiger partial charge in [-0.25, -0.2) is 0 Å². The molecule has 0 saturated heterocycles. The summed E-state index contributed by atoms with van der Waals surface area (Å²) in [6.45, 7) is 1.28. The van der Waals surface area contributed by atoms with Crippen LogP contribution in [0.3, 0.4) is 0 Å². The Labute approximate surface area is 171 Å². The molecule has 4 rings (SSSR count). The number of carbonyl (C=O) groups is 1. The summed E-state index contributed by atoms with van der Waals surface area (Å²) in [6, 6.07) is 22.3. The van der Waals surface area contributed by atoms with Crippen LogP contribution in [0.5, 0.6) is 11.5 Å². The largest absolute Gasteiger partial charge is 0.493 e. The van der Waals surface area contributed by atoms with Crippen molar-refractivity contribution in [3.05, 3.63) is 94.5 Å². The van der Waals surface area contributed by atoms with Crippen LogP contribution in [-0.4, -0.2) is 31.6 Å². The number of benzene rings is 3. The lowest BCUT2D eigenvalue weighted by Gasteiger charge is -2.30. The SMILES string of the molecule is COc1cc2c(cc1OC)CN(C(=O)c1cccc(Cc3ccccc3)c1)CC2. The molecule has 4 nitrogen and oxygen atoms in total. The van der Waals surface area contributed by atoms with Crippen molar-refractivity contribution in [3.63, 3.8) is 0 Å². The Morgan fingerprint density at radius 2 is 1.55 bits per heavy atom. The van der Waals surface area contributed by atoms with E-state index in [-0.39, 0.29) is 5.91 Å². The lowest BCUT2D eigenvalue weighted by molar-refractivity contribution is 0.0734. The molecule has 3 aromatic carbocycles. The molecule has 0 radical (unpaired) electrons. The fraction of sp³-hybridized carbons (Fsp3) is 0.240. The summed E-state index contributed by atoms with van der Waals surface area (Å²) >= 11 is 0. The van der Waals surface area contributed by atoms with Crippen molar-refractivity contribution < 1.29 is 14.3 Å². The topological polar surface area (TPSA) is 38.8 Å². The van der Waals surface area contributed by atoms with Crippen LogP contribution in [0.1, 0.15) is 32.6 Å². The zero-order valence-corrected chi connectivity index (χ0v) is 16.9. The molecule has 4 heteroatoms. The summed E-state index contributed by atoms with van der Waals surface area (Å²) < 4.78 is 10.8. The standard InChI is InChI=1S/C25H25NO3/c1-28-23-15-20-11-12-26(17-22(20)16-24(23)29-2)25(27)21-10-6-9-19(14-21)13-18-7-4-3-5-8-18/h3-10,14-16H,11-13,17H2,1-2H3. The van der Waals surface area contributed by atoms with Crippen LogP contribution in [-0.2, 0) is 19.4 Å². The molecule has 0 aliphatic carbocycles. The average molecular weight is 387 g/mol. The van der Waals surface area contributed by atoms with Crippen LogP contribution >= 0.6 is 0 Å². The minimum atomic E-state index is 0.0698. The van der Waals surface area contributed by atoms with Gasteiger partial charge in [0, 0.05) is 18.7 Å². The van der Waals surface area contributed by atoms with Gasteiger partial charge in [-0.1, -0.05) is 42.5 Å². The fourth-order valence-corrected chi connectivity index (χ4v) is 3.88. The molecule has 1 heterocycles. The molecule has 0 N–H and O–H groups in total. The maximum atomic E-state index is 13.2. The zero-order chi connectivity index (χ0) is 20.2. The van der Waals surface area contributed by atoms with Crippen LogP contribution in [0.25, 0.3) is 0 Å². The highest BCUT2D eigenvalue weighted by molar-refractivity contribution is 5.94. The molecule has 0 saturated carbocycles. The van der Waals surface area contributed by atoms with Gasteiger partial charge in [-0.15, -0.1) is 0 Å². The van der Waals surface area contributed by atoms with Crippen molar-refractivity contribution in [2.24, 2.45) is 0 Å². The monoisotopic (exact) mass is 387 g/mol. The summed E-state index contributed by atoms with van der Waals surface area (Å²) in [7, 11) is 3.28. The van der Waals surface area contributed by atoms with E-state index in [4.69, 9.17) is 9.47 Å². The number of fused-ring (bicyclic) bond motifs is 1. The van der Waals surface area contributed by atoms with Crippen LogP contribution in [0.4, 0.5) is 0 Å². The predicted octanol–water partition coefficient (Wildman–Crippen LogP) is 4.49. The van der Waals surface area contributed by atoms with Crippen molar-refractivity contribution in [2.45, 2.75) is 19.4 Å². The second-order valence-electron chi connectivity index (χ2n) is 7.32. The predicted molar refractivity (Wildman–Crippen MR) is 114 cm³/mol. The van der Waals surface area contributed by atoms with Crippen LogP contribution < -0.4 is 9.47 Å². The number of methoxy groups -OCH3 is 2. The van der Waals surface area contributed by atoms with Gasteiger partial charge in [0.25, 0.3) is 5.91 Å². The van der Waals surface area contributed by atoms with Gasteiger partial charge < -0.3 is 14.4 Å². The Hall–Kier alpha value is -3.27. The van der Waals surface area contributed by atoms with Gasteiger partial charge in [0.05, 0.1) is 14.2 Å². The molecule has 0 bridgehead atoms. The summed E-state index contributed by atoms with van der Waals surface area (Å²) in [4.78, 5) is 15.1. The highest BCUT2D eigenvalue weighted by Crippen LogP contribution is 2.33. The van der Waals surface area contributed by atoms with Crippen molar-refractivity contribution in [1.82, 2.24) is 4.90 Å². The number of ether oxygens (including phenoxy) is 2. The zero-order valence-electron chi connectivity index (χ0n) is 16.9. The number of nitrogens with zero attached hydrogens (tertiary/aromatic N) is 1. The van der Waals surface area contributed by atoms with Crippen molar-refractivity contribution in [3.8, 4) is 11.5 Å². The molecule has 1 aliphatic rings. The van der Waals surface area contributed by atoms with Crippen molar-refractivity contribution in [1.29, 1.82) is 0 Å². The van der Waals surface area contributed by atoms with Gasteiger partial charge in [-0.2, -0.15) is 0 Å². The first-order valence-electron chi connectivity index (χ1n) is 9.84. The summed E-state index contributed by atoms with van der Waals surface area (Å²) in [5, 5.41) is 0. The van der Waals surface area contributed by atoms with E-state index in [1.165, 1.54) is 11.1 Å². The third-order valence-corrected chi connectivity index (χ3v) is 5.43. The molecule has 3 aromatic rings. The number of amides is 1. The van der Waals surface area contributed by atoms with Gasteiger partial charge in [-0.05, 0) is 59.4 Å². The van der Waals surface area contributed by atoms with Gasteiger partial charge in [0.15, 0.2) is 11.5 Å². The van der Waals surface area contributed by atoms with Crippen molar-refractivity contribution in [2.75, 3.05) is 20.8 Å². The van der Waals surface area contributed by atoms with E-state index in [9.17, 15) is 4.79 Å². The Kier molecular flexibility index (Phi) is 5.52. The molecule has 0 aromatic heterocycles. The average Bonchev–Trinajstić information content (AvgIpc) is 2.78. The minimum Gasteiger partial charge on any atom is -0.493 e. The van der Waals surface area contributed by atoms with Gasteiger partial charge in [0.1, 0.15) is 0 Å². The Morgan fingerprint density at radius 3 is 2.28 bits per heavy atom. The molecule has 0 unspecified atom stereocenters. The Bertz CT molecular complexity index is 1010. The van der Waals surface area contributed by atoms with E-state index in [1.54, 1.807) is 14.2 Å². The molecule has 0 atom stereocenters. The number of carbonyl (C=O) groups excluding carboxylic acids is 1. The first kappa shape index (κ1) is 19.1. The van der Waals surface area contributed by atoms with E-state index < -0.39 is 0 Å². The smallest absolute Gasteiger partial charge is 0.254 e. The van der Waals surface area contributed by atoms with Gasteiger partial charge in [-0.3, -0.25) is 4.79 Å².